The molecule has 4 nitrogen and oxygen atoms in total. The molecular weight excluding hydrogens is 272 g/mol. The third-order valence-corrected chi connectivity index (χ3v) is 4.92. The van der Waals surface area contributed by atoms with Gasteiger partial charge >= 0.3 is 5.97 Å². The van der Waals surface area contributed by atoms with Crippen molar-refractivity contribution in [3.8, 4) is 0 Å². The Bertz CT molecular complexity index is 690. The van der Waals surface area contributed by atoms with Crippen molar-refractivity contribution in [1.29, 1.82) is 0 Å². The van der Waals surface area contributed by atoms with Crippen molar-refractivity contribution in [1.82, 2.24) is 9.55 Å². The van der Waals surface area contributed by atoms with Gasteiger partial charge in [0.2, 0.25) is 0 Å². The molecule has 0 amide bonds. The van der Waals surface area contributed by atoms with Crippen LogP contribution in [-0.4, -0.2) is 26.4 Å². The number of carboxylic acids is 1. The minimum Gasteiger partial charge on any atom is -0.481 e. The largest absolute Gasteiger partial charge is 0.481 e. The van der Waals surface area contributed by atoms with Crippen LogP contribution in [0.15, 0.2) is 23.4 Å². The minimum atomic E-state index is -0.805. The second-order valence-corrected chi connectivity index (χ2v) is 7.04. The first-order valence-electron chi connectivity index (χ1n) is 6.72. The molecule has 1 saturated carbocycles. The molecule has 1 aliphatic rings. The predicted octanol–water partition coefficient (Wildman–Crippen LogP) is 3.49. The van der Waals surface area contributed by atoms with Crippen LogP contribution in [0.25, 0.3) is 11.0 Å². The number of hydrogen-bond donors (Lipinski definition) is 1. The summed E-state index contributed by atoms with van der Waals surface area (Å²) in [5.41, 5.74) is 3.52. The molecule has 0 saturated heterocycles. The van der Waals surface area contributed by atoms with E-state index in [2.05, 4.69) is 29.5 Å². The second kappa shape index (κ2) is 4.52. The van der Waals surface area contributed by atoms with Crippen molar-refractivity contribution in [3.05, 3.63) is 23.8 Å². The number of aryl methyl sites for hydroxylation is 1. The summed E-state index contributed by atoms with van der Waals surface area (Å²) >= 11 is 1.31. The van der Waals surface area contributed by atoms with Crippen molar-refractivity contribution in [2.75, 3.05) is 5.75 Å². The van der Waals surface area contributed by atoms with Gasteiger partial charge in [-0.25, -0.2) is 4.98 Å². The van der Waals surface area contributed by atoms with Gasteiger partial charge in [-0.1, -0.05) is 37.7 Å². The van der Waals surface area contributed by atoms with Crippen molar-refractivity contribution in [2.45, 2.75) is 38.4 Å². The summed E-state index contributed by atoms with van der Waals surface area (Å²) < 4.78 is 2.23. The van der Waals surface area contributed by atoms with Gasteiger partial charge in [0.25, 0.3) is 0 Å². The number of fused-ring (bicyclic) bond motifs is 1. The van der Waals surface area contributed by atoms with Crippen LogP contribution < -0.4 is 0 Å². The van der Waals surface area contributed by atoms with E-state index in [1.165, 1.54) is 11.8 Å². The Morgan fingerprint density at radius 1 is 1.55 bits per heavy atom. The van der Waals surface area contributed by atoms with Crippen molar-refractivity contribution >= 4 is 28.8 Å². The number of thioether (sulfide) groups is 1. The standard InChI is InChI=1S/C15H18N2O2S/c1-9-5-4-6-10-13(9)16-14(20-8-12(18)19)17(10)11-7-15(11,2)3/h4-6,11H,7-8H2,1-3H3,(H,18,19). The molecule has 106 valence electrons. The number of rotatable bonds is 4. The maximum Gasteiger partial charge on any atom is 0.313 e. The molecule has 20 heavy (non-hydrogen) atoms. The van der Waals surface area contributed by atoms with Gasteiger partial charge in [-0.15, -0.1) is 0 Å². The maximum atomic E-state index is 10.8. The summed E-state index contributed by atoms with van der Waals surface area (Å²) in [5.74, 6) is -0.754. The summed E-state index contributed by atoms with van der Waals surface area (Å²) in [6, 6.07) is 6.58. The predicted molar refractivity (Wildman–Crippen MR) is 80.3 cm³/mol. The molecule has 3 rings (SSSR count). The highest BCUT2D eigenvalue weighted by molar-refractivity contribution is 7.99. The fraction of sp³-hybridized carbons (Fsp3) is 0.467. The smallest absolute Gasteiger partial charge is 0.313 e. The molecule has 1 fully saturated rings. The summed E-state index contributed by atoms with van der Waals surface area (Å²) in [4.78, 5) is 15.5. The third-order valence-electron chi connectivity index (χ3n) is 3.99. The van der Waals surface area contributed by atoms with E-state index < -0.39 is 5.97 Å². The molecule has 1 aliphatic carbocycles. The zero-order valence-electron chi connectivity index (χ0n) is 11.9. The number of carbonyl (C=O) groups is 1. The average molecular weight is 290 g/mol. The molecule has 0 aliphatic heterocycles. The van der Waals surface area contributed by atoms with Gasteiger partial charge < -0.3 is 9.67 Å². The van der Waals surface area contributed by atoms with Gasteiger partial charge in [-0.2, -0.15) is 0 Å². The van der Waals surface area contributed by atoms with E-state index in [1.54, 1.807) is 0 Å². The minimum absolute atomic E-state index is 0.0511. The highest BCUT2D eigenvalue weighted by atomic mass is 32.2. The molecule has 1 heterocycles. The quantitative estimate of drug-likeness (QED) is 0.876. The lowest BCUT2D eigenvalue weighted by Gasteiger charge is -2.10. The lowest BCUT2D eigenvalue weighted by Crippen LogP contribution is -2.04. The van der Waals surface area contributed by atoms with Crippen molar-refractivity contribution in [2.24, 2.45) is 5.41 Å². The third kappa shape index (κ3) is 2.20. The molecule has 5 heteroatoms. The molecule has 1 aromatic heterocycles. The van der Waals surface area contributed by atoms with Gasteiger partial charge in [0.15, 0.2) is 5.16 Å². The lowest BCUT2D eigenvalue weighted by atomic mass is 10.2. The van der Waals surface area contributed by atoms with E-state index in [1.807, 2.05) is 19.1 Å². The maximum absolute atomic E-state index is 10.8. The first kappa shape index (κ1) is 13.5. The Labute approximate surface area is 122 Å². The summed E-state index contributed by atoms with van der Waals surface area (Å²) in [7, 11) is 0. The van der Waals surface area contributed by atoms with Crippen LogP contribution in [-0.2, 0) is 4.79 Å². The van der Waals surface area contributed by atoms with Crippen LogP contribution in [0, 0.1) is 12.3 Å². The Hall–Kier alpha value is -1.49. The Balaban J connectivity index is 2.10. The fourth-order valence-corrected chi connectivity index (χ4v) is 3.42. The zero-order chi connectivity index (χ0) is 14.5. The van der Waals surface area contributed by atoms with E-state index in [0.717, 1.165) is 28.2 Å². The van der Waals surface area contributed by atoms with Gasteiger partial charge in [0, 0.05) is 6.04 Å². The van der Waals surface area contributed by atoms with Crippen LogP contribution in [0.3, 0.4) is 0 Å². The molecular formula is C15H18N2O2S. The molecule has 1 N–H and O–H groups in total. The number of aliphatic carboxylic acids is 1. The van der Waals surface area contributed by atoms with Crippen molar-refractivity contribution < 1.29 is 9.90 Å². The lowest BCUT2D eigenvalue weighted by molar-refractivity contribution is -0.133. The number of carboxylic acid groups (broad SMARTS) is 1. The number of hydrogen-bond acceptors (Lipinski definition) is 3. The van der Waals surface area contributed by atoms with Crippen LogP contribution in [0.1, 0.15) is 31.9 Å². The monoisotopic (exact) mass is 290 g/mol. The summed E-state index contributed by atoms with van der Waals surface area (Å²) in [5, 5.41) is 9.72. The van der Waals surface area contributed by atoms with E-state index in [0.29, 0.717) is 6.04 Å². The van der Waals surface area contributed by atoms with Gasteiger partial charge in [-0.3, -0.25) is 4.79 Å². The number of imidazole rings is 1. The fourth-order valence-electron chi connectivity index (χ4n) is 2.65. The van der Waals surface area contributed by atoms with Crippen LogP contribution in [0.2, 0.25) is 0 Å². The first-order chi connectivity index (χ1) is 9.40. The zero-order valence-corrected chi connectivity index (χ0v) is 12.7. The normalized spacial score (nSPS) is 20.2. The van der Waals surface area contributed by atoms with E-state index >= 15 is 0 Å². The molecule has 1 unspecified atom stereocenters. The van der Waals surface area contributed by atoms with Crippen LogP contribution in [0.4, 0.5) is 0 Å². The molecule has 2 aromatic rings. The van der Waals surface area contributed by atoms with Gasteiger partial charge in [0.1, 0.15) is 0 Å². The average Bonchev–Trinajstić information content (AvgIpc) is 2.84. The highest BCUT2D eigenvalue weighted by Gasteiger charge is 2.48. The van der Waals surface area contributed by atoms with Gasteiger partial charge in [-0.05, 0) is 30.4 Å². The van der Waals surface area contributed by atoms with Gasteiger partial charge in [0.05, 0.1) is 16.8 Å². The first-order valence-corrected chi connectivity index (χ1v) is 7.71. The molecule has 0 spiro atoms. The molecule has 1 atom stereocenters. The molecule has 1 aromatic carbocycles. The van der Waals surface area contributed by atoms with E-state index in [9.17, 15) is 4.79 Å². The molecule has 0 radical (unpaired) electrons. The Kier molecular flexibility index (Phi) is 3.05. The number of aromatic nitrogens is 2. The van der Waals surface area contributed by atoms with E-state index in [-0.39, 0.29) is 11.2 Å². The number of nitrogens with zero attached hydrogens (tertiary/aromatic N) is 2. The Morgan fingerprint density at radius 2 is 2.25 bits per heavy atom. The summed E-state index contributed by atoms with van der Waals surface area (Å²) in [6.07, 6.45) is 1.12. The van der Waals surface area contributed by atoms with Crippen LogP contribution in [0.5, 0.6) is 0 Å². The van der Waals surface area contributed by atoms with E-state index in [4.69, 9.17) is 5.11 Å². The number of benzene rings is 1. The highest BCUT2D eigenvalue weighted by Crippen LogP contribution is 2.57. The Morgan fingerprint density at radius 3 is 2.85 bits per heavy atom. The second-order valence-electron chi connectivity index (χ2n) is 6.10. The molecule has 0 bridgehead atoms. The topological polar surface area (TPSA) is 55.1 Å². The SMILES string of the molecule is Cc1cccc2c1nc(SCC(=O)O)n2C1CC1(C)C. The van der Waals surface area contributed by atoms with Crippen LogP contribution >= 0.6 is 11.8 Å². The summed E-state index contributed by atoms with van der Waals surface area (Å²) in [6.45, 7) is 6.53. The number of para-hydroxylation sites is 1. The van der Waals surface area contributed by atoms with Crippen molar-refractivity contribution in [3.63, 3.8) is 0 Å².